The maximum atomic E-state index is 13.0. The van der Waals surface area contributed by atoms with Gasteiger partial charge in [-0.3, -0.25) is 0 Å². The molecular formula is C12H10BrFN2O. The number of nitrogens with zero attached hydrogens (tertiary/aromatic N) is 1. The van der Waals surface area contributed by atoms with Crippen LogP contribution in [-0.4, -0.2) is 4.98 Å². The lowest BCUT2D eigenvalue weighted by atomic mass is 10.3. The number of rotatable bonds is 3. The van der Waals surface area contributed by atoms with Crippen molar-refractivity contribution in [2.24, 2.45) is 0 Å². The van der Waals surface area contributed by atoms with E-state index < -0.39 is 0 Å². The van der Waals surface area contributed by atoms with E-state index in [1.54, 1.807) is 24.4 Å². The Morgan fingerprint density at radius 1 is 1.29 bits per heavy atom. The van der Waals surface area contributed by atoms with Crippen LogP contribution in [0.15, 0.2) is 41.0 Å². The molecule has 0 aliphatic rings. The van der Waals surface area contributed by atoms with Crippen molar-refractivity contribution in [3.8, 4) is 5.75 Å². The van der Waals surface area contributed by atoms with Crippen molar-refractivity contribution in [2.45, 2.75) is 6.61 Å². The van der Waals surface area contributed by atoms with Gasteiger partial charge in [-0.15, -0.1) is 0 Å². The van der Waals surface area contributed by atoms with Crippen LogP contribution < -0.4 is 10.5 Å². The van der Waals surface area contributed by atoms with E-state index in [1.165, 1.54) is 6.07 Å². The lowest BCUT2D eigenvalue weighted by molar-refractivity contribution is 0.305. The minimum Gasteiger partial charge on any atom is -0.489 e. The second-order valence-electron chi connectivity index (χ2n) is 3.46. The first-order valence-corrected chi connectivity index (χ1v) is 5.73. The van der Waals surface area contributed by atoms with Crippen molar-refractivity contribution in [3.63, 3.8) is 0 Å². The molecule has 0 atom stereocenters. The molecule has 0 spiro atoms. The van der Waals surface area contributed by atoms with Crippen LogP contribution in [0.5, 0.6) is 5.75 Å². The van der Waals surface area contributed by atoms with Gasteiger partial charge in [0, 0.05) is 11.8 Å². The highest BCUT2D eigenvalue weighted by Gasteiger charge is 2.01. The quantitative estimate of drug-likeness (QED) is 0.946. The molecule has 88 valence electrons. The number of nitrogens with two attached hydrogens (primary N) is 1. The third kappa shape index (κ3) is 3.17. The zero-order valence-corrected chi connectivity index (χ0v) is 10.4. The van der Waals surface area contributed by atoms with Gasteiger partial charge in [0.05, 0.1) is 4.47 Å². The fourth-order valence-corrected chi connectivity index (χ4v) is 1.61. The van der Waals surface area contributed by atoms with Crippen molar-refractivity contribution in [2.75, 3.05) is 5.73 Å². The van der Waals surface area contributed by atoms with Gasteiger partial charge in [-0.05, 0) is 40.2 Å². The number of hydrogen-bond acceptors (Lipinski definition) is 3. The van der Waals surface area contributed by atoms with Gasteiger partial charge >= 0.3 is 0 Å². The molecule has 1 aromatic heterocycles. The Hall–Kier alpha value is -1.62. The van der Waals surface area contributed by atoms with Crippen molar-refractivity contribution in [1.82, 2.24) is 4.98 Å². The number of benzene rings is 1. The molecule has 2 N–H and O–H groups in total. The molecule has 0 aliphatic heterocycles. The zero-order chi connectivity index (χ0) is 12.3. The summed E-state index contributed by atoms with van der Waals surface area (Å²) in [6.07, 6.45) is 1.65. The lowest BCUT2D eigenvalue weighted by Crippen LogP contribution is -1.97. The third-order valence-corrected chi connectivity index (χ3v) is 2.75. The van der Waals surface area contributed by atoms with E-state index in [0.29, 0.717) is 22.6 Å². The number of pyridine rings is 1. The first-order valence-electron chi connectivity index (χ1n) is 4.93. The third-order valence-electron chi connectivity index (χ3n) is 2.14. The first-order chi connectivity index (χ1) is 8.15. The van der Waals surface area contributed by atoms with Gasteiger partial charge in [0.25, 0.3) is 0 Å². The second kappa shape index (κ2) is 5.14. The molecule has 2 rings (SSSR count). The molecule has 0 bridgehead atoms. The topological polar surface area (TPSA) is 48.1 Å². The van der Waals surface area contributed by atoms with Crippen molar-refractivity contribution in [1.29, 1.82) is 0 Å². The van der Waals surface area contributed by atoms with E-state index in [-0.39, 0.29) is 5.82 Å². The molecule has 17 heavy (non-hydrogen) atoms. The van der Waals surface area contributed by atoms with Gasteiger partial charge in [-0.25, -0.2) is 9.37 Å². The summed E-state index contributed by atoms with van der Waals surface area (Å²) in [5.74, 6) is 0.750. The summed E-state index contributed by atoms with van der Waals surface area (Å²) in [4.78, 5) is 3.95. The molecule has 3 nitrogen and oxygen atoms in total. The van der Waals surface area contributed by atoms with E-state index >= 15 is 0 Å². The average Bonchev–Trinajstić information content (AvgIpc) is 2.33. The summed E-state index contributed by atoms with van der Waals surface area (Å²) in [5, 5.41) is 0. The molecule has 1 heterocycles. The van der Waals surface area contributed by atoms with Gasteiger partial charge in [0.2, 0.25) is 0 Å². The predicted molar refractivity (Wildman–Crippen MR) is 67.1 cm³/mol. The van der Waals surface area contributed by atoms with Crippen LogP contribution in [0.2, 0.25) is 0 Å². The van der Waals surface area contributed by atoms with E-state index in [2.05, 4.69) is 20.9 Å². The van der Waals surface area contributed by atoms with Crippen LogP contribution in [0.25, 0.3) is 0 Å². The summed E-state index contributed by atoms with van der Waals surface area (Å²) < 4.78 is 18.9. The molecule has 0 amide bonds. The van der Waals surface area contributed by atoms with Crippen LogP contribution in [0, 0.1) is 5.82 Å². The fourth-order valence-electron chi connectivity index (χ4n) is 1.25. The summed E-state index contributed by atoms with van der Waals surface area (Å²) in [6.45, 7) is 0.366. The minimum absolute atomic E-state index is 0.313. The summed E-state index contributed by atoms with van der Waals surface area (Å²) >= 11 is 3.10. The van der Waals surface area contributed by atoms with E-state index in [1.807, 2.05) is 6.07 Å². The Morgan fingerprint density at radius 3 is 2.76 bits per heavy atom. The van der Waals surface area contributed by atoms with Crippen LogP contribution in [0.3, 0.4) is 0 Å². The number of hydrogen-bond donors (Lipinski definition) is 1. The summed E-state index contributed by atoms with van der Waals surface area (Å²) in [5.41, 5.74) is 6.37. The molecular weight excluding hydrogens is 287 g/mol. The fraction of sp³-hybridized carbons (Fsp3) is 0.0833. The van der Waals surface area contributed by atoms with Gasteiger partial charge in [-0.2, -0.15) is 0 Å². The second-order valence-corrected chi connectivity index (χ2v) is 4.31. The number of ether oxygens (including phenoxy) is 1. The Bertz CT molecular complexity index is 516. The van der Waals surface area contributed by atoms with Crippen LogP contribution in [0.1, 0.15) is 5.56 Å². The normalized spacial score (nSPS) is 10.2. The first kappa shape index (κ1) is 11.9. The molecule has 0 fully saturated rings. The summed E-state index contributed by atoms with van der Waals surface area (Å²) in [7, 11) is 0. The van der Waals surface area contributed by atoms with E-state index in [9.17, 15) is 4.39 Å². The van der Waals surface area contributed by atoms with Gasteiger partial charge < -0.3 is 10.5 Å². The monoisotopic (exact) mass is 296 g/mol. The van der Waals surface area contributed by atoms with Gasteiger partial charge in [0.1, 0.15) is 24.0 Å². The van der Waals surface area contributed by atoms with Crippen LogP contribution >= 0.6 is 15.9 Å². The number of halogens is 2. The molecule has 0 aliphatic carbocycles. The standard InChI is InChI=1S/C12H10BrFN2O/c13-10-5-9(2-3-11(10)14)17-7-8-1-4-12(15)16-6-8/h1-6H,7H2,(H2,15,16). The molecule has 0 saturated heterocycles. The predicted octanol–water partition coefficient (Wildman–Crippen LogP) is 3.14. The maximum Gasteiger partial charge on any atom is 0.137 e. The van der Waals surface area contributed by atoms with Crippen LogP contribution in [-0.2, 0) is 6.61 Å². The molecule has 0 radical (unpaired) electrons. The molecule has 0 saturated carbocycles. The van der Waals surface area contributed by atoms with Crippen molar-refractivity contribution < 1.29 is 9.13 Å². The summed E-state index contributed by atoms with van der Waals surface area (Å²) in [6, 6.07) is 8.05. The Kier molecular flexibility index (Phi) is 3.58. The van der Waals surface area contributed by atoms with Crippen molar-refractivity contribution >= 4 is 21.7 Å². The molecule has 2 aromatic rings. The maximum absolute atomic E-state index is 13.0. The SMILES string of the molecule is Nc1ccc(COc2ccc(F)c(Br)c2)cn1. The lowest BCUT2D eigenvalue weighted by Gasteiger charge is -2.06. The van der Waals surface area contributed by atoms with Gasteiger partial charge in [-0.1, -0.05) is 6.07 Å². The minimum atomic E-state index is -0.313. The highest BCUT2D eigenvalue weighted by Crippen LogP contribution is 2.22. The Balaban J connectivity index is 2.02. The Morgan fingerprint density at radius 2 is 2.12 bits per heavy atom. The number of nitrogen functional groups attached to an aromatic ring is 1. The number of anilines is 1. The van der Waals surface area contributed by atoms with E-state index in [0.717, 1.165) is 5.56 Å². The van der Waals surface area contributed by atoms with Crippen molar-refractivity contribution in [3.05, 3.63) is 52.4 Å². The van der Waals surface area contributed by atoms with Gasteiger partial charge in [0.15, 0.2) is 0 Å². The highest BCUT2D eigenvalue weighted by molar-refractivity contribution is 9.10. The highest BCUT2D eigenvalue weighted by atomic mass is 79.9. The molecule has 5 heteroatoms. The zero-order valence-electron chi connectivity index (χ0n) is 8.86. The smallest absolute Gasteiger partial charge is 0.137 e. The molecule has 1 aromatic carbocycles. The largest absolute Gasteiger partial charge is 0.489 e. The number of aromatic nitrogens is 1. The Labute approximate surface area is 107 Å². The van der Waals surface area contributed by atoms with Crippen LogP contribution in [0.4, 0.5) is 10.2 Å². The van der Waals surface area contributed by atoms with E-state index in [4.69, 9.17) is 10.5 Å². The average molecular weight is 297 g/mol. The molecule has 0 unspecified atom stereocenters.